The third-order valence-electron chi connectivity index (χ3n) is 2.06. The van der Waals surface area contributed by atoms with Crippen LogP contribution in [-0.4, -0.2) is 11.6 Å². The molecule has 0 amide bonds. The lowest BCUT2D eigenvalue weighted by atomic mass is 10.1. The van der Waals surface area contributed by atoms with Crippen LogP contribution in [0.3, 0.4) is 0 Å². The molecule has 16 heavy (non-hydrogen) atoms. The van der Waals surface area contributed by atoms with E-state index >= 15 is 0 Å². The van der Waals surface area contributed by atoms with Crippen molar-refractivity contribution >= 4 is 17.3 Å². The lowest BCUT2D eigenvalue weighted by Gasteiger charge is -2.18. The van der Waals surface area contributed by atoms with E-state index in [0.29, 0.717) is 5.56 Å². The largest absolute Gasteiger partial charge is 0.456 e. The van der Waals surface area contributed by atoms with Crippen LogP contribution in [0, 0.1) is 0 Å². The van der Waals surface area contributed by atoms with E-state index in [1.807, 2.05) is 33.8 Å². The van der Waals surface area contributed by atoms with Gasteiger partial charge in [0.15, 0.2) is 0 Å². The van der Waals surface area contributed by atoms with Gasteiger partial charge in [-0.15, -0.1) is 11.3 Å². The average molecular weight is 241 g/mol. The van der Waals surface area contributed by atoms with Crippen LogP contribution in [0.5, 0.6) is 0 Å². The first kappa shape index (κ1) is 13.2. The van der Waals surface area contributed by atoms with Crippen molar-refractivity contribution in [3.8, 4) is 0 Å². The Morgan fingerprint density at radius 3 is 2.69 bits per heavy atom. The number of nitrogens with two attached hydrogens (primary N) is 1. The summed E-state index contributed by atoms with van der Waals surface area (Å²) in [6, 6.07) is 1.84. The molecule has 0 aliphatic carbocycles. The Balaban J connectivity index is 2.75. The highest BCUT2D eigenvalue weighted by molar-refractivity contribution is 7.10. The van der Waals surface area contributed by atoms with Crippen molar-refractivity contribution < 1.29 is 9.53 Å². The summed E-state index contributed by atoms with van der Waals surface area (Å²) in [6.07, 6.45) is 0.869. The van der Waals surface area contributed by atoms with Gasteiger partial charge >= 0.3 is 5.97 Å². The van der Waals surface area contributed by atoms with Crippen LogP contribution in [-0.2, 0) is 4.74 Å². The number of carbonyl (C=O) groups excluding carboxylic acids is 1. The molecule has 0 fully saturated rings. The minimum atomic E-state index is -0.452. The molecular weight excluding hydrogens is 222 g/mol. The van der Waals surface area contributed by atoms with Crippen molar-refractivity contribution in [2.75, 3.05) is 0 Å². The van der Waals surface area contributed by atoms with Gasteiger partial charge in [0.25, 0.3) is 0 Å². The fourth-order valence-corrected chi connectivity index (χ4v) is 2.16. The average Bonchev–Trinajstić information content (AvgIpc) is 2.62. The van der Waals surface area contributed by atoms with Crippen molar-refractivity contribution in [1.29, 1.82) is 0 Å². The van der Waals surface area contributed by atoms with E-state index in [2.05, 4.69) is 0 Å². The highest BCUT2D eigenvalue weighted by atomic mass is 32.1. The van der Waals surface area contributed by atoms with Gasteiger partial charge in [-0.2, -0.15) is 0 Å². The van der Waals surface area contributed by atoms with Crippen molar-refractivity contribution in [2.45, 2.75) is 45.8 Å². The fourth-order valence-electron chi connectivity index (χ4n) is 1.19. The van der Waals surface area contributed by atoms with Gasteiger partial charge in [-0.05, 0) is 33.3 Å². The zero-order valence-electron chi connectivity index (χ0n) is 10.2. The summed E-state index contributed by atoms with van der Waals surface area (Å²) < 4.78 is 5.28. The molecule has 1 aromatic rings. The number of rotatable bonds is 3. The lowest BCUT2D eigenvalue weighted by molar-refractivity contribution is 0.00701. The highest BCUT2D eigenvalue weighted by Crippen LogP contribution is 2.24. The van der Waals surface area contributed by atoms with E-state index in [-0.39, 0.29) is 12.0 Å². The van der Waals surface area contributed by atoms with Crippen LogP contribution < -0.4 is 5.73 Å². The van der Waals surface area contributed by atoms with Gasteiger partial charge in [-0.25, -0.2) is 4.79 Å². The van der Waals surface area contributed by atoms with Crippen LogP contribution in [0.1, 0.15) is 55.4 Å². The zero-order chi connectivity index (χ0) is 12.3. The molecule has 0 saturated carbocycles. The van der Waals surface area contributed by atoms with Crippen LogP contribution in [0.25, 0.3) is 0 Å². The first-order valence-electron chi connectivity index (χ1n) is 5.41. The molecule has 0 radical (unpaired) electrons. The number of ether oxygens (including phenoxy) is 1. The molecule has 1 atom stereocenters. The van der Waals surface area contributed by atoms with Gasteiger partial charge in [0.1, 0.15) is 5.60 Å². The Labute approximate surface area is 101 Å². The molecule has 90 valence electrons. The number of esters is 1. The first-order chi connectivity index (χ1) is 7.33. The predicted molar refractivity (Wildman–Crippen MR) is 66.7 cm³/mol. The van der Waals surface area contributed by atoms with Crippen molar-refractivity contribution in [2.24, 2.45) is 5.73 Å². The van der Waals surface area contributed by atoms with E-state index in [1.54, 1.807) is 5.38 Å². The van der Waals surface area contributed by atoms with Gasteiger partial charge in [-0.1, -0.05) is 6.92 Å². The minimum Gasteiger partial charge on any atom is -0.456 e. The zero-order valence-corrected chi connectivity index (χ0v) is 11.1. The molecule has 1 rings (SSSR count). The van der Waals surface area contributed by atoms with Crippen LogP contribution >= 0.6 is 11.3 Å². The summed E-state index contributed by atoms with van der Waals surface area (Å²) in [5.41, 5.74) is 6.04. The topological polar surface area (TPSA) is 52.3 Å². The standard InChI is InChI=1S/C12H19NO2S/c1-5-9(13)10-6-8(7-16-10)11(14)15-12(2,3)4/h6-7,9H,5,13H2,1-4H3/t9-/m1/s1. The summed E-state index contributed by atoms with van der Waals surface area (Å²) in [4.78, 5) is 12.8. The maximum Gasteiger partial charge on any atom is 0.339 e. The second-order valence-corrected chi connectivity index (χ2v) is 5.70. The first-order valence-corrected chi connectivity index (χ1v) is 6.29. The van der Waals surface area contributed by atoms with Gasteiger partial charge in [0.2, 0.25) is 0 Å². The van der Waals surface area contributed by atoms with Crippen molar-refractivity contribution in [3.05, 3.63) is 21.9 Å². The third kappa shape index (κ3) is 3.61. The smallest absolute Gasteiger partial charge is 0.339 e. The number of hydrogen-bond acceptors (Lipinski definition) is 4. The normalized spacial score (nSPS) is 13.6. The van der Waals surface area contributed by atoms with Gasteiger partial charge in [-0.3, -0.25) is 0 Å². The van der Waals surface area contributed by atoms with E-state index in [0.717, 1.165) is 11.3 Å². The second kappa shape index (κ2) is 4.97. The molecular formula is C12H19NO2S. The molecule has 0 aliphatic rings. The minimum absolute atomic E-state index is 0.0150. The number of thiophene rings is 1. The lowest BCUT2D eigenvalue weighted by Crippen LogP contribution is -2.23. The van der Waals surface area contributed by atoms with Gasteiger partial charge in [0, 0.05) is 16.3 Å². The maximum atomic E-state index is 11.7. The summed E-state index contributed by atoms with van der Waals surface area (Å²) >= 11 is 1.51. The summed E-state index contributed by atoms with van der Waals surface area (Å²) in [5, 5.41) is 1.80. The molecule has 1 heterocycles. The molecule has 0 aliphatic heterocycles. The van der Waals surface area contributed by atoms with E-state index in [9.17, 15) is 4.79 Å². The number of hydrogen-bond donors (Lipinski definition) is 1. The predicted octanol–water partition coefficient (Wildman–Crippen LogP) is 3.11. The van der Waals surface area contributed by atoms with Gasteiger partial charge in [0.05, 0.1) is 5.56 Å². The Morgan fingerprint density at radius 2 is 2.19 bits per heavy atom. The molecule has 0 unspecified atom stereocenters. The Kier molecular flexibility index (Phi) is 4.10. The van der Waals surface area contributed by atoms with E-state index < -0.39 is 5.60 Å². The molecule has 2 N–H and O–H groups in total. The van der Waals surface area contributed by atoms with Crippen LogP contribution in [0.2, 0.25) is 0 Å². The fraction of sp³-hybridized carbons (Fsp3) is 0.583. The number of carbonyl (C=O) groups is 1. The molecule has 0 bridgehead atoms. The van der Waals surface area contributed by atoms with E-state index in [4.69, 9.17) is 10.5 Å². The molecule has 1 aromatic heterocycles. The monoisotopic (exact) mass is 241 g/mol. The Morgan fingerprint density at radius 1 is 1.56 bits per heavy atom. The maximum absolute atomic E-state index is 11.7. The van der Waals surface area contributed by atoms with E-state index in [1.165, 1.54) is 11.3 Å². The molecule has 4 heteroatoms. The second-order valence-electron chi connectivity index (χ2n) is 4.75. The van der Waals surface area contributed by atoms with Crippen LogP contribution in [0.15, 0.2) is 11.4 Å². The molecule has 3 nitrogen and oxygen atoms in total. The molecule has 0 aromatic carbocycles. The Bertz CT molecular complexity index is 365. The SMILES string of the molecule is CC[C@@H](N)c1cc(C(=O)OC(C)(C)C)cs1. The van der Waals surface area contributed by atoms with Crippen LogP contribution in [0.4, 0.5) is 0 Å². The molecule has 0 spiro atoms. The highest BCUT2D eigenvalue weighted by Gasteiger charge is 2.19. The third-order valence-corrected chi connectivity index (χ3v) is 3.12. The summed E-state index contributed by atoms with van der Waals surface area (Å²) in [5.74, 6) is -0.279. The summed E-state index contributed by atoms with van der Waals surface area (Å²) in [6.45, 7) is 7.60. The quantitative estimate of drug-likeness (QED) is 0.827. The summed E-state index contributed by atoms with van der Waals surface area (Å²) in [7, 11) is 0. The van der Waals surface area contributed by atoms with Crippen molar-refractivity contribution in [1.82, 2.24) is 0 Å². The van der Waals surface area contributed by atoms with Gasteiger partial charge < -0.3 is 10.5 Å². The molecule has 0 saturated heterocycles. The Hall–Kier alpha value is -0.870. The van der Waals surface area contributed by atoms with Crippen molar-refractivity contribution in [3.63, 3.8) is 0 Å².